The second kappa shape index (κ2) is 13.0. The number of hydrogen-bond acceptors (Lipinski definition) is 2. The van der Waals surface area contributed by atoms with E-state index in [1.54, 1.807) is 0 Å². The minimum Gasteiger partial charge on any atom is -0.388 e. The van der Waals surface area contributed by atoms with Gasteiger partial charge in [0.15, 0.2) is 0 Å². The lowest BCUT2D eigenvalue weighted by Crippen LogP contribution is -2.20. The van der Waals surface area contributed by atoms with Crippen LogP contribution in [0.15, 0.2) is 18.2 Å². The van der Waals surface area contributed by atoms with Gasteiger partial charge in [0, 0.05) is 24.3 Å². The van der Waals surface area contributed by atoms with Crippen molar-refractivity contribution >= 4 is 17.3 Å². The molecule has 0 spiro atoms. The number of rotatable bonds is 8. The SMILES string of the molecule is CCCCCC.CCc1ccc(NC)cc1NC(=O)C(C)CC. The molecule has 23 heavy (non-hydrogen) atoms. The molecular formula is C20H36N2O. The normalized spacial score (nSPS) is 11.2. The van der Waals surface area contributed by atoms with E-state index >= 15 is 0 Å². The first-order valence-corrected chi connectivity index (χ1v) is 9.15. The third-order valence-corrected chi connectivity index (χ3v) is 4.05. The van der Waals surface area contributed by atoms with Crippen molar-refractivity contribution in [1.29, 1.82) is 0 Å². The molecule has 1 unspecified atom stereocenters. The maximum Gasteiger partial charge on any atom is 0.227 e. The van der Waals surface area contributed by atoms with Crippen molar-refractivity contribution < 1.29 is 4.79 Å². The molecule has 1 atom stereocenters. The molecule has 0 aliphatic heterocycles. The molecule has 2 N–H and O–H groups in total. The topological polar surface area (TPSA) is 41.1 Å². The van der Waals surface area contributed by atoms with Crippen molar-refractivity contribution in [2.45, 2.75) is 73.1 Å². The van der Waals surface area contributed by atoms with Gasteiger partial charge in [0.25, 0.3) is 0 Å². The Labute approximate surface area is 143 Å². The zero-order chi connectivity index (χ0) is 17.7. The fourth-order valence-corrected chi connectivity index (χ4v) is 2.10. The van der Waals surface area contributed by atoms with E-state index < -0.39 is 0 Å². The third-order valence-electron chi connectivity index (χ3n) is 4.05. The number of nitrogens with one attached hydrogen (secondary N) is 2. The first kappa shape index (κ1) is 21.5. The number of amides is 1. The Morgan fingerprint density at radius 2 is 1.70 bits per heavy atom. The highest BCUT2D eigenvalue weighted by molar-refractivity contribution is 5.93. The summed E-state index contributed by atoms with van der Waals surface area (Å²) in [6.45, 7) is 10.5. The fourth-order valence-electron chi connectivity index (χ4n) is 2.10. The summed E-state index contributed by atoms with van der Waals surface area (Å²) in [6.07, 6.45) is 7.31. The van der Waals surface area contributed by atoms with E-state index in [-0.39, 0.29) is 11.8 Å². The molecule has 1 aromatic carbocycles. The summed E-state index contributed by atoms with van der Waals surface area (Å²) in [5.74, 6) is 0.147. The Hall–Kier alpha value is -1.51. The number of unbranched alkanes of at least 4 members (excludes halogenated alkanes) is 3. The summed E-state index contributed by atoms with van der Waals surface area (Å²) in [6, 6.07) is 6.06. The largest absolute Gasteiger partial charge is 0.388 e. The lowest BCUT2D eigenvalue weighted by Gasteiger charge is -2.14. The summed E-state index contributed by atoms with van der Waals surface area (Å²) >= 11 is 0. The first-order valence-electron chi connectivity index (χ1n) is 9.15. The third kappa shape index (κ3) is 8.63. The fraction of sp³-hybridized carbons (Fsp3) is 0.650. The molecule has 0 aliphatic rings. The molecule has 0 saturated carbocycles. The van der Waals surface area contributed by atoms with Gasteiger partial charge in [0.05, 0.1) is 0 Å². The van der Waals surface area contributed by atoms with Crippen molar-refractivity contribution in [2.24, 2.45) is 5.92 Å². The Morgan fingerprint density at radius 3 is 2.13 bits per heavy atom. The summed E-state index contributed by atoms with van der Waals surface area (Å²) in [7, 11) is 1.88. The summed E-state index contributed by atoms with van der Waals surface area (Å²) in [4.78, 5) is 11.9. The van der Waals surface area contributed by atoms with E-state index in [0.29, 0.717) is 0 Å². The zero-order valence-electron chi connectivity index (χ0n) is 16.0. The molecule has 0 aliphatic carbocycles. The average molecular weight is 321 g/mol. The zero-order valence-corrected chi connectivity index (χ0v) is 16.0. The number of benzene rings is 1. The molecule has 3 heteroatoms. The highest BCUT2D eigenvalue weighted by Gasteiger charge is 2.12. The average Bonchev–Trinajstić information content (AvgIpc) is 2.59. The van der Waals surface area contributed by atoms with Crippen LogP contribution in [0, 0.1) is 5.92 Å². The molecule has 0 heterocycles. The van der Waals surface area contributed by atoms with Gasteiger partial charge >= 0.3 is 0 Å². The van der Waals surface area contributed by atoms with E-state index in [4.69, 9.17) is 0 Å². The maximum absolute atomic E-state index is 11.9. The molecule has 3 nitrogen and oxygen atoms in total. The molecule has 132 valence electrons. The monoisotopic (exact) mass is 320 g/mol. The van der Waals surface area contributed by atoms with Gasteiger partial charge in [-0.1, -0.05) is 66.4 Å². The lowest BCUT2D eigenvalue weighted by molar-refractivity contribution is -0.119. The Kier molecular flexibility index (Phi) is 12.1. The van der Waals surface area contributed by atoms with Crippen molar-refractivity contribution in [2.75, 3.05) is 17.7 Å². The van der Waals surface area contributed by atoms with Crippen LogP contribution in [0.3, 0.4) is 0 Å². The van der Waals surface area contributed by atoms with Crippen LogP contribution in [0.5, 0.6) is 0 Å². The number of anilines is 2. The number of aryl methyl sites for hydroxylation is 1. The molecule has 0 fully saturated rings. The highest BCUT2D eigenvalue weighted by Crippen LogP contribution is 2.22. The Bertz CT molecular complexity index is 439. The maximum atomic E-state index is 11.9. The smallest absolute Gasteiger partial charge is 0.227 e. The van der Waals surface area contributed by atoms with Gasteiger partial charge in [0.1, 0.15) is 0 Å². The predicted octanol–water partition coefficient (Wildman–Crippen LogP) is 5.86. The van der Waals surface area contributed by atoms with Crippen LogP contribution in [0.2, 0.25) is 0 Å². The highest BCUT2D eigenvalue weighted by atomic mass is 16.1. The van der Waals surface area contributed by atoms with Gasteiger partial charge in [-0.15, -0.1) is 0 Å². The number of carbonyl (C=O) groups is 1. The summed E-state index contributed by atoms with van der Waals surface area (Å²) in [5.41, 5.74) is 3.10. The Balaban J connectivity index is 0.000000688. The van der Waals surface area contributed by atoms with Crippen LogP contribution in [0.25, 0.3) is 0 Å². The Morgan fingerprint density at radius 1 is 1.09 bits per heavy atom. The molecule has 0 aromatic heterocycles. The van der Waals surface area contributed by atoms with Crippen LogP contribution in [-0.2, 0) is 11.2 Å². The van der Waals surface area contributed by atoms with Crippen LogP contribution in [0.4, 0.5) is 11.4 Å². The van der Waals surface area contributed by atoms with Crippen LogP contribution in [-0.4, -0.2) is 13.0 Å². The van der Waals surface area contributed by atoms with Gasteiger partial charge in [-0.3, -0.25) is 4.79 Å². The van der Waals surface area contributed by atoms with Crippen molar-refractivity contribution in [3.05, 3.63) is 23.8 Å². The van der Waals surface area contributed by atoms with Gasteiger partial charge in [-0.05, 0) is 30.5 Å². The van der Waals surface area contributed by atoms with Gasteiger partial charge in [0.2, 0.25) is 5.91 Å². The van der Waals surface area contributed by atoms with Crippen molar-refractivity contribution in [3.63, 3.8) is 0 Å². The minimum atomic E-state index is 0.0537. The second-order valence-corrected chi connectivity index (χ2v) is 5.98. The lowest BCUT2D eigenvalue weighted by atomic mass is 10.1. The minimum absolute atomic E-state index is 0.0537. The van der Waals surface area contributed by atoms with E-state index in [0.717, 1.165) is 24.2 Å². The van der Waals surface area contributed by atoms with Crippen LogP contribution < -0.4 is 10.6 Å². The molecule has 1 amide bonds. The van der Waals surface area contributed by atoms with Crippen molar-refractivity contribution in [3.8, 4) is 0 Å². The number of carbonyl (C=O) groups excluding carboxylic acids is 1. The second-order valence-electron chi connectivity index (χ2n) is 5.98. The van der Waals surface area contributed by atoms with E-state index in [1.807, 2.05) is 33.0 Å². The van der Waals surface area contributed by atoms with Crippen molar-refractivity contribution in [1.82, 2.24) is 0 Å². The van der Waals surface area contributed by atoms with E-state index in [1.165, 1.54) is 31.2 Å². The summed E-state index contributed by atoms with van der Waals surface area (Å²) in [5, 5.41) is 6.09. The summed E-state index contributed by atoms with van der Waals surface area (Å²) < 4.78 is 0. The molecule has 1 rings (SSSR count). The standard InChI is InChI=1S/C14H22N2O.C6H14/c1-5-10(3)14(17)16-13-9-12(15-4)8-7-11(13)6-2;1-3-5-6-4-2/h7-10,15H,5-6H2,1-4H3,(H,16,17);3-6H2,1-2H3. The number of hydrogen-bond donors (Lipinski definition) is 2. The van der Waals surface area contributed by atoms with Gasteiger partial charge in [-0.25, -0.2) is 0 Å². The quantitative estimate of drug-likeness (QED) is 0.589. The van der Waals surface area contributed by atoms with Crippen LogP contribution >= 0.6 is 0 Å². The van der Waals surface area contributed by atoms with Gasteiger partial charge in [-0.2, -0.15) is 0 Å². The van der Waals surface area contributed by atoms with Crippen LogP contribution in [0.1, 0.15) is 72.3 Å². The molecule has 1 aromatic rings. The predicted molar refractivity (Wildman–Crippen MR) is 103 cm³/mol. The van der Waals surface area contributed by atoms with E-state index in [2.05, 4.69) is 37.5 Å². The molecule has 0 saturated heterocycles. The van der Waals surface area contributed by atoms with E-state index in [9.17, 15) is 4.79 Å². The molecule has 0 bridgehead atoms. The van der Waals surface area contributed by atoms with Gasteiger partial charge < -0.3 is 10.6 Å². The molecule has 0 radical (unpaired) electrons. The first-order chi connectivity index (χ1) is 11.0. The molecular weight excluding hydrogens is 284 g/mol.